The first-order chi connectivity index (χ1) is 8.80. The van der Waals surface area contributed by atoms with E-state index < -0.39 is 16.8 Å². The predicted octanol–water partition coefficient (Wildman–Crippen LogP) is 3.01. The number of non-ortho nitro benzene ring substituents is 1. The van der Waals surface area contributed by atoms with Crippen molar-refractivity contribution in [3.05, 3.63) is 46.4 Å². The highest BCUT2D eigenvalue weighted by molar-refractivity contribution is 5.64. The summed E-state index contributed by atoms with van der Waals surface area (Å²) < 4.78 is 39.5. The second kappa shape index (κ2) is 4.38. The number of aromatic nitrogens is 2. The summed E-state index contributed by atoms with van der Waals surface area (Å²) in [4.78, 5) is 13.6. The van der Waals surface area contributed by atoms with E-state index in [9.17, 15) is 23.3 Å². The molecule has 2 rings (SSSR count). The monoisotopic (exact) mass is 271 g/mol. The Labute approximate surface area is 105 Å². The van der Waals surface area contributed by atoms with E-state index >= 15 is 0 Å². The average Bonchev–Trinajstić information content (AvgIpc) is 2.71. The first-order valence-electron chi connectivity index (χ1n) is 5.14. The van der Waals surface area contributed by atoms with Crippen LogP contribution in [-0.4, -0.2) is 14.5 Å². The van der Waals surface area contributed by atoms with Gasteiger partial charge in [-0.3, -0.25) is 10.1 Å². The molecule has 0 amide bonds. The second-order valence-corrected chi connectivity index (χ2v) is 3.85. The summed E-state index contributed by atoms with van der Waals surface area (Å²) in [6.45, 7) is 0. The summed E-state index contributed by atoms with van der Waals surface area (Å²) in [7, 11) is 1.24. The molecule has 1 heterocycles. The standard InChI is InChI=1S/C11H8F3N3O2/c1-16-6-15-9(10(16)11(12,13)14)7-2-4-8(5-3-7)17(18)19/h2-6H,1H3. The highest BCUT2D eigenvalue weighted by Gasteiger charge is 2.37. The van der Waals surface area contributed by atoms with Gasteiger partial charge in [-0.15, -0.1) is 0 Å². The lowest BCUT2D eigenvalue weighted by Gasteiger charge is -2.09. The molecule has 0 aliphatic carbocycles. The summed E-state index contributed by atoms with van der Waals surface area (Å²) >= 11 is 0. The van der Waals surface area contributed by atoms with Gasteiger partial charge in [0.15, 0.2) is 5.69 Å². The lowest BCUT2D eigenvalue weighted by atomic mass is 10.1. The molecule has 100 valence electrons. The smallest absolute Gasteiger partial charge is 0.330 e. The van der Waals surface area contributed by atoms with Gasteiger partial charge in [-0.05, 0) is 12.1 Å². The molecule has 0 radical (unpaired) electrons. The van der Waals surface area contributed by atoms with Gasteiger partial charge in [-0.25, -0.2) is 4.98 Å². The quantitative estimate of drug-likeness (QED) is 0.623. The predicted molar refractivity (Wildman–Crippen MR) is 60.3 cm³/mol. The third-order valence-corrected chi connectivity index (χ3v) is 2.56. The van der Waals surface area contributed by atoms with Crippen LogP contribution in [0.25, 0.3) is 11.3 Å². The number of nitro groups is 1. The molecule has 5 nitrogen and oxygen atoms in total. The van der Waals surface area contributed by atoms with Crippen molar-refractivity contribution in [3.63, 3.8) is 0 Å². The van der Waals surface area contributed by atoms with Crippen LogP contribution in [-0.2, 0) is 13.2 Å². The largest absolute Gasteiger partial charge is 0.433 e. The van der Waals surface area contributed by atoms with Crippen LogP contribution >= 0.6 is 0 Å². The summed E-state index contributed by atoms with van der Waals surface area (Å²) in [6, 6.07) is 4.78. The summed E-state index contributed by atoms with van der Waals surface area (Å²) in [5.74, 6) is 0. The van der Waals surface area contributed by atoms with Crippen LogP contribution in [0.2, 0.25) is 0 Å². The van der Waals surface area contributed by atoms with Gasteiger partial charge in [0, 0.05) is 24.7 Å². The number of nitrogens with zero attached hydrogens (tertiary/aromatic N) is 3. The third-order valence-electron chi connectivity index (χ3n) is 2.56. The van der Waals surface area contributed by atoms with E-state index in [0.29, 0.717) is 0 Å². The second-order valence-electron chi connectivity index (χ2n) is 3.85. The molecular formula is C11H8F3N3O2. The first-order valence-corrected chi connectivity index (χ1v) is 5.14. The summed E-state index contributed by atoms with van der Waals surface area (Å²) in [5.41, 5.74) is -1.14. The summed E-state index contributed by atoms with van der Waals surface area (Å²) in [6.07, 6.45) is -3.48. The van der Waals surface area contributed by atoms with Gasteiger partial charge in [0.25, 0.3) is 5.69 Å². The van der Waals surface area contributed by atoms with Crippen LogP contribution in [0.5, 0.6) is 0 Å². The maximum atomic E-state index is 12.9. The van der Waals surface area contributed by atoms with Crippen LogP contribution in [0.15, 0.2) is 30.6 Å². The van der Waals surface area contributed by atoms with Crippen molar-refractivity contribution in [1.29, 1.82) is 0 Å². The highest BCUT2D eigenvalue weighted by atomic mass is 19.4. The van der Waals surface area contributed by atoms with Gasteiger partial charge >= 0.3 is 6.18 Å². The van der Waals surface area contributed by atoms with E-state index in [-0.39, 0.29) is 16.9 Å². The Morgan fingerprint density at radius 2 is 1.84 bits per heavy atom. The van der Waals surface area contributed by atoms with Gasteiger partial charge < -0.3 is 4.57 Å². The lowest BCUT2D eigenvalue weighted by Crippen LogP contribution is -2.12. The molecule has 8 heteroatoms. The van der Waals surface area contributed by atoms with Crippen molar-refractivity contribution in [2.45, 2.75) is 6.18 Å². The Kier molecular flexibility index (Phi) is 3.01. The fraction of sp³-hybridized carbons (Fsp3) is 0.182. The number of hydrogen-bond donors (Lipinski definition) is 0. The average molecular weight is 271 g/mol. The number of benzene rings is 1. The van der Waals surface area contributed by atoms with Gasteiger partial charge in [-0.1, -0.05) is 0 Å². The van der Waals surface area contributed by atoms with Crippen molar-refractivity contribution in [2.24, 2.45) is 7.05 Å². The Bertz CT molecular complexity index is 617. The van der Waals surface area contributed by atoms with Crippen LogP contribution in [0.1, 0.15) is 5.69 Å². The molecule has 0 bridgehead atoms. The first kappa shape index (κ1) is 13.1. The van der Waals surface area contributed by atoms with E-state index in [2.05, 4.69) is 4.98 Å². The fourth-order valence-corrected chi connectivity index (χ4v) is 1.72. The van der Waals surface area contributed by atoms with Crippen molar-refractivity contribution in [1.82, 2.24) is 9.55 Å². The van der Waals surface area contributed by atoms with Gasteiger partial charge in [0.2, 0.25) is 0 Å². The molecule has 0 N–H and O–H groups in total. The maximum absolute atomic E-state index is 12.9. The third kappa shape index (κ3) is 2.42. The van der Waals surface area contributed by atoms with Gasteiger partial charge in [0.1, 0.15) is 5.69 Å². The molecule has 19 heavy (non-hydrogen) atoms. The minimum Gasteiger partial charge on any atom is -0.330 e. The van der Waals surface area contributed by atoms with E-state index in [1.54, 1.807) is 0 Å². The van der Waals surface area contributed by atoms with Crippen LogP contribution in [0.3, 0.4) is 0 Å². The molecule has 2 aromatic rings. The SMILES string of the molecule is Cn1cnc(-c2ccc([N+](=O)[O-])cc2)c1C(F)(F)F. The fourth-order valence-electron chi connectivity index (χ4n) is 1.72. The van der Waals surface area contributed by atoms with Gasteiger partial charge in [-0.2, -0.15) is 13.2 Å². The molecular weight excluding hydrogens is 263 g/mol. The minimum absolute atomic E-state index is 0.179. The normalized spacial score (nSPS) is 11.6. The number of aryl methyl sites for hydroxylation is 1. The molecule has 0 spiro atoms. The molecule has 0 aliphatic rings. The van der Waals surface area contributed by atoms with Crippen molar-refractivity contribution in [3.8, 4) is 11.3 Å². The molecule has 0 saturated carbocycles. The molecule has 0 unspecified atom stereocenters. The zero-order chi connectivity index (χ0) is 14.2. The van der Waals surface area contributed by atoms with Crippen molar-refractivity contribution < 1.29 is 18.1 Å². The van der Waals surface area contributed by atoms with E-state index in [1.807, 2.05) is 0 Å². The number of nitro benzene ring substituents is 1. The van der Waals surface area contributed by atoms with Crippen LogP contribution in [0, 0.1) is 10.1 Å². The minimum atomic E-state index is -4.54. The van der Waals surface area contributed by atoms with Crippen LogP contribution in [0.4, 0.5) is 18.9 Å². The topological polar surface area (TPSA) is 61.0 Å². The van der Waals surface area contributed by atoms with Crippen LogP contribution < -0.4 is 0 Å². The van der Waals surface area contributed by atoms with Crippen molar-refractivity contribution >= 4 is 5.69 Å². The lowest BCUT2D eigenvalue weighted by molar-refractivity contribution is -0.384. The molecule has 0 aliphatic heterocycles. The zero-order valence-corrected chi connectivity index (χ0v) is 9.68. The number of halogens is 3. The molecule has 0 atom stereocenters. The van der Waals surface area contributed by atoms with Gasteiger partial charge in [0.05, 0.1) is 11.3 Å². The number of alkyl halides is 3. The Morgan fingerprint density at radius 3 is 2.32 bits per heavy atom. The number of rotatable bonds is 2. The zero-order valence-electron chi connectivity index (χ0n) is 9.68. The molecule has 0 fully saturated rings. The summed E-state index contributed by atoms with van der Waals surface area (Å²) in [5, 5.41) is 10.5. The number of hydrogen-bond acceptors (Lipinski definition) is 3. The maximum Gasteiger partial charge on any atom is 0.433 e. The Morgan fingerprint density at radius 1 is 1.26 bits per heavy atom. The molecule has 1 aromatic carbocycles. The molecule has 1 aromatic heterocycles. The number of imidazole rings is 1. The van der Waals surface area contributed by atoms with E-state index in [0.717, 1.165) is 23.0 Å². The van der Waals surface area contributed by atoms with E-state index in [4.69, 9.17) is 0 Å². The highest BCUT2D eigenvalue weighted by Crippen LogP contribution is 2.36. The van der Waals surface area contributed by atoms with Crippen molar-refractivity contribution in [2.75, 3.05) is 0 Å². The van der Waals surface area contributed by atoms with E-state index in [1.165, 1.54) is 19.2 Å². The Balaban J connectivity index is 2.51. The Hall–Kier alpha value is -2.38. The molecule has 0 saturated heterocycles.